The number of alkyl halides is 3. The van der Waals surface area contributed by atoms with Crippen LogP contribution >= 0.6 is 0 Å². The van der Waals surface area contributed by atoms with Gasteiger partial charge in [0, 0.05) is 6.08 Å². The van der Waals surface area contributed by atoms with E-state index in [0.29, 0.717) is 17.9 Å². The molecular weight excluding hydrogens is 441 g/mol. The minimum atomic E-state index is -4.61. The van der Waals surface area contributed by atoms with E-state index in [0.717, 1.165) is 24.3 Å². The minimum absolute atomic E-state index is 0.163. The number of carbonyl (C=O) groups is 2. The molecule has 0 saturated carbocycles. The molecule has 172 valence electrons. The average Bonchev–Trinajstić information content (AvgIpc) is 3.31. The van der Waals surface area contributed by atoms with Gasteiger partial charge >= 0.3 is 12.1 Å². The van der Waals surface area contributed by atoms with Crippen molar-refractivity contribution < 1.29 is 32.2 Å². The summed E-state index contributed by atoms with van der Waals surface area (Å²) in [5, 5.41) is 6.18. The van der Waals surface area contributed by atoms with Crippen molar-refractivity contribution in [2.24, 2.45) is 0 Å². The number of anilines is 1. The average molecular weight is 460 g/mol. The number of rotatable bonds is 8. The molecule has 0 spiro atoms. The first-order valence-electron chi connectivity index (χ1n) is 9.70. The highest BCUT2D eigenvalue weighted by Crippen LogP contribution is 2.33. The Morgan fingerprint density at radius 3 is 2.55 bits per heavy atom. The van der Waals surface area contributed by atoms with Crippen LogP contribution in [0.1, 0.15) is 18.1 Å². The first-order valence-corrected chi connectivity index (χ1v) is 9.70. The summed E-state index contributed by atoms with van der Waals surface area (Å²) in [6.07, 6.45) is 0.476. The highest BCUT2D eigenvalue weighted by Gasteiger charge is 2.31. The Labute approximate surface area is 186 Å². The summed E-state index contributed by atoms with van der Waals surface area (Å²) < 4.78 is 50.7. The van der Waals surface area contributed by atoms with Crippen molar-refractivity contribution >= 4 is 23.6 Å². The minimum Gasteiger partial charge on any atom is -0.494 e. The molecule has 0 fully saturated rings. The summed E-state index contributed by atoms with van der Waals surface area (Å²) in [5.41, 5.74) is -0.255. The third kappa shape index (κ3) is 6.66. The van der Waals surface area contributed by atoms with Gasteiger partial charge in [-0.15, -0.1) is 0 Å². The second kappa shape index (κ2) is 10.4. The standard InChI is InChI=1S/C22H19F3N4O4/c1-2-32-17-7-3-15(4-8-17)5-10-21(31)33-12-20(30)28-18-11-16(22(23,24)25)6-9-19(18)29-14-26-13-27-29/h3-11,13-14H,2,12H2,1H3,(H,28,30)/b10-5+. The molecule has 1 heterocycles. The van der Waals surface area contributed by atoms with Crippen LogP contribution in [0.3, 0.4) is 0 Å². The van der Waals surface area contributed by atoms with Crippen LogP contribution in [0.2, 0.25) is 0 Å². The van der Waals surface area contributed by atoms with E-state index in [4.69, 9.17) is 9.47 Å². The molecule has 2 aromatic carbocycles. The molecule has 0 atom stereocenters. The van der Waals surface area contributed by atoms with E-state index >= 15 is 0 Å². The molecule has 1 aromatic heterocycles. The van der Waals surface area contributed by atoms with Crippen LogP contribution in [0.15, 0.2) is 61.2 Å². The van der Waals surface area contributed by atoms with Gasteiger partial charge in [0.05, 0.1) is 23.5 Å². The Hall–Kier alpha value is -4.15. The summed E-state index contributed by atoms with van der Waals surface area (Å²) in [6.45, 7) is 1.70. The molecule has 0 saturated heterocycles. The first kappa shape index (κ1) is 23.5. The fraction of sp³-hybridized carbons (Fsp3) is 0.182. The van der Waals surface area contributed by atoms with E-state index in [2.05, 4.69) is 15.4 Å². The van der Waals surface area contributed by atoms with Crippen LogP contribution in [-0.2, 0) is 20.5 Å². The molecule has 1 N–H and O–H groups in total. The highest BCUT2D eigenvalue weighted by atomic mass is 19.4. The van der Waals surface area contributed by atoms with Gasteiger partial charge in [-0.25, -0.2) is 14.5 Å². The lowest BCUT2D eigenvalue weighted by atomic mass is 10.1. The molecule has 33 heavy (non-hydrogen) atoms. The van der Waals surface area contributed by atoms with Crippen molar-refractivity contribution in [3.05, 3.63) is 72.3 Å². The lowest BCUT2D eigenvalue weighted by Gasteiger charge is -2.14. The second-order valence-corrected chi connectivity index (χ2v) is 6.56. The van der Waals surface area contributed by atoms with E-state index in [-0.39, 0.29) is 11.4 Å². The summed E-state index contributed by atoms with van der Waals surface area (Å²) in [5.74, 6) is -0.924. The van der Waals surface area contributed by atoms with E-state index in [1.807, 2.05) is 6.92 Å². The maximum atomic E-state index is 13.1. The number of benzene rings is 2. The first-order chi connectivity index (χ1) is 15.8. The van der Waals surface area contributed by atoms with Gasteiger partial charge < -0.3 is 14.8 Å². The monoisotopic (exact) mass is 460 g/mol. The normalized spacial score (nSPS) is 11.4. The zero-order chi connectivity index (χ0) is 23.8. The molecule has 8 nitrogen and oxygen atoms in total. The van der Waals surface area contributed by atoms with Crippen molar-refractivity contribution in [3.8, 4) is 11.4 Å². The summed E-state index contributed by atoms with van der Waals surface area (Å²) >= 11 is 0. The van der Waals surface area contributed by atoms with E-state index in [1.165, 1.54) is 23.4 Å². The van der Waals surface area contributed by atoms with Crippen LogP contribution in [0.4, 0.5) is 18.9 Å². The van der Waals surface area contributed by atoms with Gasteiger partial charge in [0.2, 0.25) is 0 Å². The fourth-order valence-corrected chi connectivity index (χ4v) is 2.72. The van der Waals surface area contributed by atoms with E-state index in [1.54, 1.807) is 24.3 Å². The predicted octanol–water partition coefficient (Wildman–Crippen LogP) is 3.88. The zero-order valence-corrected chi connectivity index (χ0v) is 17.4. The maximum absolute atomic E-state index is 13.1. The van der Waals surface area contributed by atoms with Crippen LogP contribution in [0.5, 0.6) is 5.75 Å². The molecular formula is C22H19F3N4O4. The smallest absolute Gasteiger partial charge is 0.416 e. The molecule has 0 radical (unpaired) electrons. The molecule has 0 bridgehead atoms. The lowest BCUT2D eigenvalue weighted by Crippen LogP contribution is -2.21. The van der Waals surface area contributed by atoms with Crippen LogP contribution in [0.25, 0.3) is 11.8 Å². The number of hydrogen-bond donors (Lipinski definition) is 1. The van der Waals surface area contributed by atoms with Crippen LogP contribution < -0.4 is 10.1 Å². The van der Waals surface area contributed by atoms with Crippen molar-refractivity contribution in [1.29, 1.82) is 0 Å². The van der Waals surface area contributed by atoms with E-state index in [9.17, 15) is 22.8 Å². The zero-order valence-electron chi connectivity index (χ0n) is 17.4. The SMILES string of the molecule is CCOc1ccc(/C=C/C(=O)OCC(=O)Nc2cc(C(F)(F)F)ccc2-n2cncn2)cc1. The van der Waals surface area contributed by atoms with Gasteiger partial charge in [-0.3, -0.25) is 4.79 Å². The van der Waals surface area contributed by atoms with Crippen molar-refractivity contribution in [2.75, 3.05) is 18.5 Å². The molecule has 1 amide bonds. The Bertz CT molecular complexity index is 1130. The number of nitrogens with zero attached hydrogens (tertiary/aromatic N) is 3. The number of ether oxygens (including phenoxy) is 2. The van der Waals surface area contributed by atoms with Crippen molar-refractivity contribution in [1.82, 2.24) is 14.8 Å². The van der Waals surface area contributed by atoms with Gasteiger partial charge in [-0.1, -0.05) is 12.1 Å². The molecule has 0 aliphatic rings. The van der Waals surface area contributed by atoms with E-state index < -0.39 is 30.2 Å². The topological polar surface area (TPSA) is 95.3 Å². The number of esters is 1. The number of amides is 1. The summed E-state index contributed by atoms with van der Waals surface area (Å²) in [7, 11) is 0. The van der Waals surface area contributed by atoms with Crippen molar-refractivity contribution in [2.45, 2.75) is 13.1 Å². The third-order valence-corrected chi connectivity index (χ3v) is 4.21. The predicted molar refractivity (Wildman–Crippen MR) is 113 cm³/mol. The van der Waals surface area contributed by atoms with Gasteiger partial charge in [0.25, 0.3) is 5.91 Å². The van der Waals surface area contributed by atoms with Gasteiger partial charge in [-0.2, -0.15) is 18.3 Å². The van der Waals surface area contributed by atoms with Crippen LogP contribution in [-0.4, -0.2) is 39.9 Å². The number of carbonyl (C=O) groups excluding carboxylic acids is 2. The Morgan fingerprint density at radius 2 is 1.91 bits per heavy atom. The molecule has 3 aromatic rings. The molecule has 0 aliphatic heterocycles. The highest BCUT2D eigenvalue weighted by molar-refractivity contribution is 5.96. The van der Waals surface area contributed by atoms with Gasteiger partial charge in [0.1, 0.15) is 18.4 Å². The van der Waals surface area contributed by atoms with Crippen LogP contribution in [0, 0.1) is 0 Å². The maximum Gasteiger partial charge on any atom is 0.416 e. The molecule has 0 aliphatic carbocycles. The molecule has 3 rings (SSSR count). The Kier molecular flexibility index (Phi) is 7.44. The fourth-order valence-electron chi connectivity index (χ4n) is 2.72. The number of aromatic nitrogens is 3. The Balaban J connectivity index is 1.62. The third-order valence-electron chi connectivity index (χ3n) is 4.21. The van der Waals surface area contributed by atoms with Crippen molar-refractivity contribution in [3.63, 3.8) is 0 Å². The number of hydrogen-bond acceptors (Lipinski definition) is 6. The number of halogens is 3. The quantitative estimate of drug-likeness (QED) is 0.405. The van der Waals surface area contributed by atoms with Gasteiger partial charge in [-0.05, 0) is 48.9 Å². The molecule has 11 heteroatoms. The molecule has 0 unspecified atom stereocenters. The Morgan fingerprint density at radius 1 is 1.15 bits per heavy atom. The van der Waals surface area contributed by atoms with Gasteiger partial charge in [0.15, 0.2) is 6.61 Å². The lowest BCUT2D eigenvalue weighted by molar-refractivity contribution is -0.142. The second-order valence-electron chi connectivity index (χ2n) is 6.56. The summed E-state index contributed by atoms with van der Waals surface area (Å²) in [4.78, 5) is 27.9. The summed E-state index contributed by atoms with van der Waals surface area (Å²) in [6, 6.07) is 9.73. The largest absolute Gasteiger partial charge is 0.494 e. The number of nitrogens with one attached hydrogen (secondary N) is 1.